The number of aryl methyl sites for hydroxylation is 1. The number of amides is 1. The van der Waals surface area contributed by atoms with Crippen molar-refractivity contribution < 1.29 is 4.79 Å². The van der Waals surface area contributed by atoms with Crippen LogP contribution in [0, 0.1) is 5.92 Å². The molecule has 0 radical (unpaired) electrons. The average Bonchev–Trinajstić information content (AvgIpc) is 3.40. The van der Waals surface area contributed by atoms with Gasteiger partial charge in [0.25, 0.3) is 5.91 Å². The predicted molar refractivity (Wildman–Crippen MR) is 103 cm³/mol. The third-order valence-electron chi connectivity index (χ3n) is 4.65. The predicted octanol–water partition coefficient (Wildman–Crippen LogP) is 2.80. The normalized spacial score (nSPS) is 16.8. The molecule has 0 unspecified atom stereocenters. The summed E-state index contributed by atoms with van der Waals surface area (Å²) in [5.41, 5.74) is 2.67. The molecule has 1 aliphatic heterocycles. The number of rotatable bonds is 5. The summed E-state index contributed by atoms with van der Waals surface area (Å²) >= 11 is 1.47. The lowest BCUT2D eigenvalue weighted by Crippen LogP contribution is -2.31. The SMILES string of the molecule is Cn1cc(-c2nc(C(=O)NC[C@@H]3CCN(c4ccccc4)C3)cs2)cn1. The Balaban J connectivity index is 1.31. The lowest BCUT2D eigenvalue weighted by molar-refractivity contribution is 0.0944. The third-order valence-corrected chi connectivity index (χ3v) is 5.54. The second-order valence-electron chi connectivity index (χ2n) is 6.59. The van der Waals surface area contributed by atoms with Gasteiger partial charge in [0.2, 0.25) is 0 Å². The van der Waals surface area contributed by atoms with Gasteiger partial charge in [0.15, 0.2) is 0 Å². The first kappa shape index (κ1) is 16.8. The van der Waals surface area contributed by atoms with Crippen LogP contribution in [-0.2, 0) is 7.05 Å². The van der Waals surface area contributed by atoms with Gasteiger partial charge in [-0.25, -0.2) is 4.98 Å². The first-order valence-corrected chi connectivity index (χ1v) is 9.60. The number of carbonyl (C=O) groups is 1. The number of benzene rings is 1. The Morgan fingerprint density at radius 2 is 2.19 bits per heavy atom. The standard InChI is InChI=1S/C19H21N5OS/c1-23-12-15(10-21-23)19-22-17(13-26-19)18(25)20-9-14-7-8-24(11-14)16-5-3-2-4-6-16/h2-6,10,12-14H,7-9,11H2,1H3,(H,20,25)/t14-/m0/s1. The number of thiazole rings is 1. The minimum atomic E-state index is -0.102. The molecule has 3 aromatic rings. The molecule has 6 nitrogen and oxygen atoms in total. The molecular formula is C19H21N5OS. The molecule has 1 saturated heterocycles. The zero-order valence-electron chi connectivity index (χ0n) is 14.6. The molecule has 1 fully saturated rings. The average molecular weight is 367 g/mol. The van der Waals surface area contributed by atoms with Crippen LogP contribution in [0.5, 0.6) is 0 Å². The van der Waals surface area contributed by atoms with Crippen LogP contribution in [0.3, 0.4) is 0 Å². The summed E-state index contributed by atoms with van der Waals surface area (Å²) in [6.07, 6.45) is 4.75. The van der Waals surface area contributed by atoms with Gasteiger partial charge in [-0.05, 0) is 24.5 Å². The number of hydrogen-bond acceptors (Lipinski definition) is 5. The maximum absolute atomic E-state index is 12.4. The molecule has 1 aromatic carbocycles. The molecule has 7 heteroatoms. The maximum atomic E-state index is 12.4. The van der Waals surface area contributed by atoms with Crippen LogP contribution in [0.25, 0.3) is 10.6 Å². The number of aromatic nitrogens is 3. The summed E-state index contributed by atoms with van der Waals surface area (Å²) in [6, 6.07) is 10.4. The topological polar surface area (TPSA) is 63.1 Å². The van der Waals surface area contributed by atoms with Crippen molar-refractivity contribution in [3.63, 3.8) is 0 Å². The van der Waals surface area contributed by atoms with E-state index in [1.807, 2.05) is 24.7 Å². The largest absolute Gasteiger partial charge is 0.371 e. The van der Waals surface area contributed by atoms with Crippen LogP contribution >= 0.6 is 11.3 Å². The summed E-state index contributed by atoms with van der Waals surface area (Å²) < 4.78 is 1.73. The molecule has 1 N–H and O–H groups in total. The van der Waals surface area contributed by atoms with Gasteiger partial charge in [-0.1, -0.05) is 18.2 Å². The molecule has 4 rings (SSSR count). The molecule has 0 saturated carbocycles. The van der Waals surface area contributed by atoms with E-state index in [1.165, 1.54) is 17.0 Å². The Bertz CT molecular complexity index is 888. The van der Waals surface area contributed by atoms with Crippen molar-refractivity contribution in [2.24, 2.45) is 13.0 Å². The fourth-order valence-electron chi connectivity index (χ4n) is 3.24. The molecule has 1 atom stereocenters. The van der Waals surface area contributed by atoms with Gasteiger partial charge in [0.05, 0.1) is 6.20 Å². The smallest absolute Gasteiger partial charge is 0.270 e. The highest BCUT2D eigenvalue weighted by Gasteiger charge is 2.23. The fourth-order valence-corrected chi connectivity index (χ4v) is 4.02. The maximum Gasteiger partial charge on any atom is 0.270 e. The van der Waals surface area contributed by atoms with E-state index < -0.39 is 0 Å². The van der Waals surface area contributed by atoms with E-state index in [0.29, 0.717) is 18.2 Å². The van der Waals surface area contributed by atoms with Crippen LogP contribution in [0.4, 0.5) is 5.69 Å². The van der Waals surface area contributed by atoms with Gasteiger partial charge in [-0.3, -0.25) is 9.48 Å². The summed E-state index contributed by atoms with van der Waals surface area (Å²) in [5.74, 6) is 0.366. The lowest BCUT2D eigenvalue weighted by atomic mass is 10.1. The minimum absolute atomic E-state index is 0.102. The quantitative estimate of drug-likeness (QED) is 0.753. The number of para-hydroxylation sites is 1. The fraction of sp³-hybridized carbons (Fsp3) is 0.316. The molecule has 0 spiro atoms. The summed E-state index contributed by atoms with van der Waals surface area (Å²) in [7, 11) is 1.87. The van der Waals surface area contributed by atoms with Gasteiger partial charge in [0, 0.05) is 49.5 Å². The molecule has 2 aromatic heterocycles. The van der Waals surface area contributed by atoms with Crippen LogP contribution in [0.15, 0.2) is 48.1 Å². The number of hydrogen-bond donors (Lipinski definition) is 1. The molecule has 3 heterocycles. The van der Waals surface area contributed by atoms with Gasteiger partial charge < -0.3 is 10.2 Å². The van der Waals surface area contributed by atoms with E-state index in [4.69, 9.17) is 0 Å². The van der Waals surface area contributed by atoms with E-state index >= 15 is 0 Å². The number of carbonyl (C=O) groups excluding carboxylic acids is 1. The van der Waals surface area contributed by atoms with E-state index in [0.717, 1.165) is 30.1 Å². The molecule has 26 heavy (non-hydrogen) atoms. The van der Waals surface area contributed by atoms with Gasteiger partial charge in [-0.15, -0.1) is 11.3 Å². The lowest BCUT2D eigenvalue weighted by Gasteiger charge is -2.18. The minimum Gasteiger partial charge on any atom is -0.371 e. The molecular weight excluding hydrogens is 346 g/mol. The highest BCUT2D eigenvalue weighted by atomic mass is 32.1. The molecule has 1 aliphatic rings. The second-order valence-corrected chi connectivity index (χ2v) is 7.44. The van der Waals surface area contributed by atoms with Crippen LogP contribution in [-0.4, -0.2) is 40.3 Å². The summed E-state index contributed by atoms with van der Waals surface area (Å²) in [5, 5.41) is 9.81. The third kappa shape index (κ3) is 3.62. The van der Waals surface area contributed by atoms with E-state index in [-0.39, 0.29) is 5.91 Å². The highest BCUT2D eigenvalue weighted by molar-refractivity contribution is 7.13. The van der Waals surface area contributed by atoms with Crippen LogP contribution < -0.4 is 10.2 Å². The number of anilines is 1. The monoisotopic (exact) mass is 367 g/mol. The zero-order chi connectivity index (χ0) is 17.9. The molecule has 0 bridgehead atoms. The van der Waals surface area contributed by atoms with Crippen molar-refractivity contribution in [2.45, 2.75) is 6.42 Å². The number of nitrogens with zero attached hydrogens (tertiary/aromatic N) is 4. The Morgan fingerprint density at radius 1 is 1.35 bits per heavy atom. The van der Waals surface area contributed by atoms with Crippen LogP contribution in [0.2, 0.25) is 0 Å². The first-order valence-electron chi connectivity index (χ1n) is 8.72. The Labute approximate surface area is 156 Å². The number of nitrogens with one attached hydrogen (secondary N) is 1. The van der Waals surface area contributed by atoms with E-state index in [1.54, 1.807) is 10.9 Å². The van der Waals surface area contributed by atoms with Crippen molar-refractivity contribution in [3.05, 3.63) is 53.8 Å². The van der Waals surface area contributed by atoms with Crippen molar-refractivity contribution in [2.75, 3.05) is 24.5 Å². The van der Waals surface area contributed by atoms with Crippen molar-refractivity contribution >= 4 is 22.9 Å². The Kier molecular flexibility index (Phi) is 4.71. The first-order chi connectivity index (χ1) is 12.7. The summed E-state index contributed by atoms with van der Waals surface area (Å²) in [6.45, 7) is 2.69. The molecule has 0 aliphatic carbocycles. The second kappa shape index (κ2) is 7.29. The van der Waals surface area contributed by atoms with Crippen molar-refractivity contribution in [1.29, 1.82) is 0 Å². The van der Waals surface area contributed by atoms with Gasteiger partial charge in [0.1, 0.15) is 10.7 Å². The summed E-state index contributed by atoms with van der Waals surface area (Å²) in [4.78, 5) is 19.2. The molecule has 134 valence electrons. The Hall–Kier alpha value is -2.67. The highest BCUT2D eigenvalue weighted by Crippen LogP contribution is 2.24. The zero-order valence-corrected chi connectivity index (χ0v) is 15.4. The van der Waals surface area contributed by atoms with Crippen LogP contribution in [0.1, 0.15) is 16.9 Å². The molecule has 1 amide bonds. The van der Waals surface area contributed by atoms with Gasteiger partial charge >= 0.3 is 0 Å². The van der Waals surface area contributed by atoms with Gasteiger partial charge in [-0.2, -0.15) is 5.10 Å². The Morgan fingerprint density at radius 3 is 2.96 bits per heavy atom. The van der Waals surface area contributed by atoms with Crippen molar-refractivity contribution in [3.8, 4) is 10.6 Å². The van der Waals surface area contributed by atoms with Crippen molar-refractivity contribution in [1.82, 2.24) is 20.1 Å². The van der Waals surface area contributed by atoms with E-state index in [9.17, 15) is 4.79 Å². The van der Waals surface area contributed by atoms with E-state index in [2.05, 4.69) is 44.6 Å².